The van der Waals surface area contributed by atoms with Gasteiger partial charge in [-0.3, -0.25) is 19.2 Å². The first-order valence-corrected chi connectivity index (χ1v) is 23.3. The molecule has 5 atom stereocenters. The second-order valence-electron chi connectivity index (χ2n) is 18.3. The number of benzene rings is 4. The number of fused-ring (bicyclic) bond motifs is 3. The molecule has 1 aromatic heterocycles. The molecular weight excluding hydrogens is 878 g/mol. The van der Waals surface area contributed by atoms with Crippen molar-refractivity contribution in [3.63, 3.8) is 0 Å². The van der Waals surface area contributed by atoms with Gasteiger partial charge < -0.3 is 39.7 Å². The normalized spacial score (nSPS) is 22.8. The lowest BCUT2D eigenvalue weighted by Gasteiger charge is -2.46. The highest BCUT2D eigenvalue weighted by Gasteiger charge is 2.45. The minimum Gasteiger partial charge on any atom is -0.457 e. The Balaban J connectivity index is 1.13. The molecule has 3 heterocycles. The lowest BCUT2D eigenvalue weighted by molar-refractivity contribution is -0.148. The van der Waals surface area contributed by atoms with E-state index in [1.165, 1.54) is 4.90 Å². The summed E-state index contributed by atoms with van der Waals surface area (Å²) >= 11 is 12.8. The minimum absolute atomic E-state index is 0.0903. The molecule has 4 aromatic carbocycles. The fourth-order valence-electron chi connectivity index (χ4n) is 9.87. The Morgan fingerprint density at radius 3 is 2.41 bits per heavy atom. The van der Waals surface area contributed by atoms with Crippen molar-refractivity contribution in [3.05, 3.63) is 141 Å². The van der Waals surface area contributed by atoms with Gasteiger partial charge in [0, 0.05) is 53.0 Å². The van der Waals surface area contributed by atoms with E-state index in [0.717, 1.165) is 40.2 Å². The summed E-state index contributed by atoms with van der Waals surface area (Å²) in [6, 6.07) is 25.6. The summed E-state index contributed by atoms with van der Waals surface area (Å²) in [6.45, 7) is 4.18. The monoisotopic (exact) mass is 933 g/mol. The van der Waals surface area contributed by atoms with Crippen LogP contribution in [-0.2, 0) is 45.1 Å². The maximum Gasteiger partial charge on any atom is 0.245 e. The van der Waals surface area contributed by atoms with Gasteiger partial charge in [-0.15, -0.1) is 0 Å². The van der Waals surface area contributed by atoms with Gasteiger partial charge >= 0.3 is 0 Å². The molecule has 2 saturated heterocycles. The molecule has 13 nitrogen and oxygen atoms in total. The number of rotatable bonds is 11. The number of imidazole rings is 1. The Kier molecular flexibility index (Phi) is 14.2. The number of aromatic nitrogens is 2. The van der Waals surface area contributed by atoms with Crippen LogP contribution < -0.4 is 15.4 Å². The third-order valence-corrected chi connectivity index (χ3v) is 13.9. The third-order valence-electron chi connectivity index (χ3n) is 13.4. The van der Waals surface area contributed by atoms with E-state index in [1.54, 1.807) is 48.5 Å². The Labute approximate surface area is 396 Å². The molecular formula is C51H57Cl2N7O6. The summed E-state index contributed by atoms with van der Waals surface area (Å²) in [5, 5.41) is 17.5. The van der Waals surface area contributed by atoms with Crippen LogP contribution in [0.1, 0.15) is 72.2 Å². The van der Waals surface area contributed by atoms with Crippen molar-refractivity contribution < 1.29 is 29.0 Å². The standard InChI is InChI=1S/C51H57Cl2N7O6/c1-32-44(28-57(3)4)54-31-60(32)39-17-19-40(20-18-39)66-46-24-38(53)16-12-36(46)27-59-33(2)48(63)55-45(29-61)49(64)56-51(26-34-10-14-37(52)15-11-34)22-7-23-58(30-51)50(65)43(25-47(59)62)42-21-13-35-8-5-6-9-41(35)42/h5-6,8-12,14-20,24,31,33,42-43,45,61H,7,13,21-23,25-30H2,1-4H3,(H,55,63)(H,56,64)/t33-,42+,43-,45-,51+/m0/s1. The summed E-state index contributed by atoms with van der Waals surface area (Å²) in [5.41, 5.74) is 5.64. The smallest absolute Gasteiger partial charge is 0.245 e. The topological polar surface area (TPSA) is 149 Å². The van der Waals surface area contributed by atoms with Crippen LogP contribution in [-0.4, -0.2) is 104 Å². The first kappa shape index (κ1) is 46.8. The fourth-order valence-corrected chi connectivity index (χ4v) is 10.2. The SMILES string of the molecule is Cc1c(CN(C)C)ncn1-c1ccc(Oc2cc(Cl)ccc2CN2C(=O)C[C@@H]([C@@H]3CCc4ccccc43)C(=O)N3CCC[C@@](Cc4ccc(Cl)cc4)(C3)NC(=O)[C@H](CO)NC(=O)[C@@H]2C)cc1. The molecule has 3 aliphatic rings. The van der Waals surface area contributed by atoms with Crippen LogP contribution in [0, 0.1) is 12.8 Å². The Morgan fingerprint density at radius 2 is 1.67 bits per heavy atom. The maximum absolute atomic E-state index is 15.3. The number of hydrogen-bond acceptors (Lipinski definition) is 8. The van der Waals surface area contributed by atoms with Crippen molar-refractivity contribution in [2.45, 2.75) is 89.0 Å². The van der Waals surface area contributed by atoms with E-state index in [2.05, 4.69) is 26.6 Å². The summed E-state index contributed by atoms with van der Waals surface area (Å²) in [7, 11) is 4.01. The van der Waals surface area contributed by atoms with Gasteiger partial charge in [0.15, 0.2) is 0 Å². The van der Waals surface area contributed by atoms with E-state index in [9.17, 15) is 14.7 Å². The first-order chi connectivity index (χ1) is 31.7. The molecule has 2 fully saturated rings. The second-order valence-corrected chi connectivity index (χ2v) is 19.1. The number of aryl methyl sites for hydroxylation is 1. The lowest BCUT2D eigenvalue weighted by atomic mass is 9.80. The van der Waals surface area contributed by atoms with Crippen molar-refractivity contribution in [2.24, 2.45) is 5.92 Å². The van der Waals surface area contributed by atoms with E-state index >= 15 is 9.59 Å². The van der Waals surface area contributed by atoms with Gasteiger partial charge in [0.25, 0.3) is 0 Å². The van der Waals surface area contributed by atoms with Gasteiger partial charge in [-0.1, -0.05) is 65.7 Å². The molecule has 1 aliphatic carbocycles. The summed E-state index contributed by atoms with van der Waals surface area (Å²) in [4.78, 5) is 68.9. The second kappa shape index (κ2) is 20.0. The lowest BCUT2D eigenvalue weighted by Crippen LogP contribution is -2.65. The van der Waals surface area contributed by atoms with Crippen LogP contribution in [0.4, 0.5) is 0 Å². The number of nitrogens with zero attached hydrogens (tertiary/aromatic N) is 5. The van der Waals surface area contributed by atoms with Crippen LogP contribution in [0.5, 0.6) is 11.5 Å². The van der Waals surface area contributed by atoms with Gasteiger partial charge in [0.05, 0.1) is 36.6 Å². The fraction of sp³-hybridized carbons (Fsp3) is 0.392. The van der Waals surface area contributed by atoms with Crippen LogP contribution in [0.15, 0.2) is 97.3 Å². The van der Waals surface area contributed by atoms with Crippen molar-refractivity contribution in [3.8, 4) is 17.2 Å². The Bertz CT molecular complexity index is 2580. The number of aliphatic hydroxyl groups excluding tert-OH is 1. The number of aliphatic hydroxyl groups is 1. The molecule has 2 aliphatic heterocycles. The quantitative estimate of drug-likeness (QED) is 0.128. The molecule has 0 saturated carbocycles. The number of piperidine rings is 1. The molecule has 4 amide bonds. The third kappa shape index (κ3) is 10.3. The molecule has 346 valence electrons. The van der Waals surface area contributed by atoms with Gasteiger partial charge in [-0.25, -0.2) is 4.98 Å². The molecule has 0 unspecified atom stereocenters. The molecule has 3 N–H and O–H groups in total. The molecule has 0 spiro atoms. The van der Waals surface area contributed by atoms with E-state index in [-0.39, 0.29) is 31.3 Å². The summed E-state index contributed by atoms with van der Waals surface area (Å²) < 4.78 is 8.49. The summed E-state index contributed by atoms with van der Waals surface area (Å²) in [6.07, 6.45) is 4.61. The zero-order valence-corrected chi connectivity index (χ0v) is 39.3. The van der Waals surface area contributed by atoms with Crippen molar-refractivity contribution in [2.75, 3.05) is 33.8 Å². The molecule has 15 heteroatoms. The maximum atomic E-state index is 15.3. The van der Waals surface area contributed by atoms with Crippen molar-refractivity contribution >= 4 is 46.8 Å². The van der Waals surface area contributed by atoms with Crippen LogP contribution in [0.2, 0.25) is 10.0 Å². The number of ether oxygens (including phenoxy) is 1. The predicted octanol–water partition coefficient (Wildman–Crippen LogP) is 7.01. The molecule has 2 bridgehead atoms. The number of nitrogens with one attached hydrogen (secondary N) is 2. The van der Waals surface area contributed by atoms with E-state index < -0.39 is 47.9 Å². The molecule has 0 radical (unpaired) electrons. The van der Waals surface area contributed by atoms with Gasteiger partial charge in [-0.05, 0) is 131 Å². The van der Waals surface area contributed by atoms with Crippen LogP contribution >= 0.6 is 23.2 Å². The molecule has 8 rings (SSSR count). The number of carbonyl (C=O) groups excluding carboxylic acids is 4. The van der Waals surface area contributed by atoms with Crippen molar-refractivity contribution in [1.29, 1.82) is 0 Å². The molecule has 5 aromatic rings. The highest BCUT2D eigenvalue weighted by atomic mass is 35.5. The average molecular weight is 935 g/mol. The average Bonchev–Trinajstić information content (AvgIpc) is 3.89. The zero-order chi connectivity index (χ0) is 46.7. The number of amides is 4. The number of carbonyl (C=O) groups is 4. The van der Waals surface area contributed by atoms with Crippen LogP contribution in [0.3, 0.4) is 0 Å². The zero-order valence-electron chi connectivity index (χ0n) is 37.8. The van der Waals surface area contributed by atoms with Crippen molar-refractivity contribution in [1.82, 2.24) is 34.9 Å². The van der Waals surface area contributed by atoms with Crippen LogP contribution in [0.25, 0.3) is 5.69 Å². The van der Waals surface area contributed by atoms with E-state index in [1.807, 2.05) is 80.2 Å². The van der Waals surface area contributed by atoms with Gasteiger partial charge in [0.1, 0.15) is 23.6 Å². The largest absolute Gasteiger partial charge is 0.457 e. The van der Waals surface area contributed by atoms with E-state index in [0.29, 0.717) is 65.9 Å². The Morgan fingerprint density at radius 1 is 0.924 bits per heavy atom. The number of hydrogen-bond donors (Lipinski definition) is 3. The van der Waals surface area contributed by atoms with Gasteiger partial charge in [-0.2, -0.15) is 0 Å². The first-order valence-electron chi connectivity index (χ1n) is 22.6. The minimum atomic E-state index is -1.33. The Hall–Kier alpha value is -5.73. The number of halogens is 2. The van der Waals surface area contributed by atoms with Gasteiger partial charge in [0.2, 0.25) is 23.6 Å². The molecule has 66 heavy (non-hydrogen) atoms. The van der Waals surface area contributed by atoms with E-state index in [4.69, 9.17) is 27.9 Å². The highest BCUT2D eigenvalue weighted by molar-refractivity contribution is 6.31. The highest BCUT2D eigenvalue weighted by Crippen LogP contribution is 2.42. The summed E-state index contributed by atoms with van der Waals surface area (Å²) in [5.74, 6) is -1.94. The predicted molar refractivity (Wildman–Crippen MR) is 254 cm³/mol.